The highest BCUT2D eigenvalue weighted by Crippen LogP contribution is 2.25. The van der Waals surface area contributed by atoms with E-state index in [1.165, 1.54) is 0 Å². The fourth-order valence-electron chi connectivity index (χ4n) is 2.41. The Morgan fingerprint density at radius 3 is 2.22 bits per heavy atom. The second kappa shape index (κ2) is 11.6. The van der Waals surface area contributed by atoms with Crippen molar-refractivity contribution in [1.82, 2.24) is 14.8 Å². The van der Waals surface area contributed by atoms with Gasteiger partial charge in [-0.05, 0) is 36.8 Å². The lowest BCUT2D eigenvalue weighted by Crippen LogP contribution is -2.35. The number of rotatable bonds is 7. The number of aromatic nitrogens is 1. The molecule has 0 unspecified atom stereocenters. The van der Waals surface area contributed by atoms with Crippen molar-refractivity contribution in [2.24, 2.45) is 4.99 Å². The molecule has 0 spiro atoms. The highest BCUT2D eigenvalue weighted by atomic mass is 127. The molecule has 7 heteroatoms. The Balaban J connectivity index is 0.00000364. The van der Waals surface area contributed by atoms with E-state index >= 15 is 0 Å². The molecule has 1 aromatic heterocycles. The third-order valence-corrected chi connectivity index (χ3v) is 3.55. The summed E-state index contributed by atoms with van der Waals surface area (Å²) in [5.41, 5.74) is 0.931. The third kappa shape index (κ3) is 7.24. The number of hydrogen-bond acceptors (Lipinski definition) is 4. The van der Waals surface area contributed by atoms with Gasteiger partial charge in [0.15, 0.2) is 5.96 Å². The van der Waals surface area contributed by atoms with Gasteiger partial charge >= 0.3 is 0 Å². The van der Waals surface area contributed by atoms with Crippen LogP contribution in [0.2, 0.25) is 0 Å². The average molecular weight is 484 g/mol. The Bertz CT molecular complexity index is 708. The van der Waals surface area contributed by atoms with Crippen LogP contribution in [0, 0.1) is 0 Å². The molecule has 0 aliphatic carbocycles. The van der Waals surface area contributed by atoms with Crippen molar-refractivity contribution in [2.45, 2.75) is 19.9 Å². The van der Waals surface area contributed by atoms with E-state index in [2.05, 4.69) is 16.9 Å². The molecule has 1 aromatic carbocycles. The number of aliphatic imine (C=N–C) groups is 1. The summed E-state index contributed by atoms with van der Waals surface area (Å²) in [5, 5.41) is 0. The van der Waals surface area contributed by atoms with Crippen LogP contribution in [0.5, 0.6) is 17.4 Å². The molecule has 0 saturated carbocycles. The van der Waals surface area contributed by atoms with Crippen molar-refractivity contribution in [3.8, 4) is 17.4 Å². The predicted molar refractivity (Wildman–Crippen MR) is 120 cm³/mol. The van der Waals surface area contributed by atoms with E-state index in [4.69, 9.17) is 9.47 Å². The number of nitrogens with zero attached hydrogens (tertiary/aromatic N) is 4. The summed E-state index contributed by atoms with van der Waals surface area (Å²) in [6.07, 6.45) is 2.71. The number of guanidine groups is 1. The van der Waals surface area contributed by atoms with Crippen LogP contribution in [0.15, 0.2) is 47.6 Å². The zero-order valence-corrected chi connectivity index (χ0v) is 19.0. The normalized spacial score (nSPS) is 9.81. The second-order valence-electron chi connectivity index (χ2n) is 6.29. The number of hydrogen-bond donors (Lipinski definition) is 0. The van der Waals surface area contributed by atoms with Gasteiger partial charge in [0.1, 0.15) is 11.5 Å². The van der Waals surface area contributed by atoms with E-state index in [0.29, 0.717) is 19.0 Å². The molecule has 0 fully saturated rings. The summed E-state index contributed by atoms with van der Waals surface area (Å²) in [5.74, 6) is 3.01. The van der Waals surface area contributed by atoms with Gasteiger partial charge in [-0.1, -0.05) is 13.0 Å². The minimum atomic E-state index is 0. The Labute approximate surface area is 179 Å². The van der Waals surface area contributed by atoms with Crippen LogP contribution < -0.4 is 9.47 Å². The molecular weight excluding hydrogens is 455 g/mol. The first-order valence-electron chi connectivity index (χ1n) is 8.75. The SMILES string of the molecule is CCCOc1ccc(Oc2ncccc2CN=C(N(C)C)N(C)C)cc1.I. The largest absolute Gasteiger partial charge is 0.494 e. The van der Waals surface area contributed by atoms with Crippen molar-refractivity contribution < 1.29 is 9.47 Å². The zero-order valence-electron chi connectivity index (χ0n) is 16.7. The molecule has 1 heterocycles. The lowest BCUT2D eigenvalue weighted by atomic mass is 10.2. The van der Waals surface area contributed by atoms with Crippen LogP contribution in [-0.4, -0.2) is 55.5 Å². The Kier molecular flexibility index (Phi) is 9.92. The molecule has 6 nitrogen and oxygen atoms in total. The molecule has 0 N–H and O–H groups in total. The smallest absolute Gasteiger partial charge is 0.224 e. The van der Waals surface area contributed by atoms with E-state index in [-0.39, 0.29) is 24.0 Å². The zero-order chi connectivity index (χ0) is 18.9. The fourth-order valence-corrected chi connectivity index (χ4v) is 2.41. The Morgan fingerprint density at radius 1 is 1.00 bits per heavy atom. The first-order valence-corrected chi connectivity index (χ1v) is 8.75. The maximum atomic E-state index is 5.96. The molecule has 0 aliphatic heterocycles. The number of benzene rings is 1. The van der Waals surface area contributed by atoms with Crippen molar-refractivity contribution in [1.29, 1.82) is 0 Å². The van der Waals surface area contributed by atoms with Gasteiger partial charge in [0.05, 0.1) is 13.2 Å². The van der Waals surface area contributed by atoms with Crippen molar-refractivity contribution in [3.05, 3.63) is 48.2 Å². The molecule has 0 bridgehead atoms. The van der Waals surface area contributed by atoms with Crippen LogP contribution in [0.1, 0.15) is 18.9 Å². The first kappa shape index (κ1) is 23.0. The number of halogens is 1. The molecule has 2 aromatic rings. The van der Waals surface area contributed by atoms with E-state index in [1.807, 2.05) is 74.4 Å². The Morgan fingerprint density at radius 2 is 1.63 bits per heavy atom. The minimum absolute atomic E-state index is 0. The van der Waals surface area contributed by atoms with Crippen LogP contribution in [0.4, 0.5) is 0 Å². The average Bonchev–Trinajstić information content (AvgIpc) is 2.62. The van der Waals surface area contributed by atoms with Crippen LogP contribution in [0.25, 0.3) is 0 Å². The lowest BCUT2D eigenvalue weighted by molar-refractivity contribution is 0.317. The van der Waals surface area contributed by atoms with E-state index in [0.717, 1.165) is 29.4 Å². The van der Waals surface area contributed by atoms with Gasteiger partial charge in [-0.3, -0.25) is 0 Å². The standard InChI is InChI=1S/C20H28N4O2.HI/c1-6-14-25-17-9-11-18(12-10-17)26-19-16(8-7-13-21-19)15-22-20(23(2)3)24(4)5;/h7-13H,6,14-15H2,1-5H3;1H. The van der Waals surface area contributed by atoms with Crippen LogP contribution in [0.3, 0.4) is 0 Å². The van der Waals surface area contributed by atoms with Crippen molar-refractivity contribution in [3.63, 3.8) is 0 Å². The van der Waals surface area contributed by atoms with Gasteiger partial charge in [0, 0.05) is 40.0 Å². The number of ether oxygens (including phenoxy) is 2. The summed E-state index contributed by atoms with van der Waals surface area (Å²) in [7, 11) is 7.90. The highest BCUT2D eigenvalue weighted by molar-refractivity contribution is 14.0. The topological polar surface area (TPSA) is 50.2 Å². The monoisotopic (exact) mass is 484 g/mol. The Hall–Kier alpha value is -2.03. The molecular formula is C20H29IN4O2. The minimum Gasteiger partial charge on any atom is -0.494 e. The summed E-state index contributed by atoms with van der Waals surface area (Å²) in [6, 6.07) is 11.5. The van der Waals surface area contributed by atoms with Gasteiger partial charge in [-0.25, -0.2) is 9.98 Å². The fraction of sp³-hybridized carbons (Fsp3) is 0.400. The number of pyridine rings is 1. The maximum Gasteiger partial charge on any atom is 0.224 e. The van der Waals surface area contributed by atoms with Crippen molar-refractivity contribution in [2.75, 3.05) is 34.8 Å². The van der Waals surface area contributed by atoms with Gasteiger partial charge in [-0.2, -0.15) is 0 Å². The van der Waals surface area contributed by atoms with Gasteiger partial charge in [0.2, 0.25) is 5.88 Å². The summed E-state index contributed by atoms with van der Waals surface area (Å²) < 4.78 is 11.6. The van der Waals surface area contributed by atoms with Crippen LogP contribution >= 0.6 is 24.0 Å². The molecule has 0 amide bonds. The van der Waals surface area contributed by atoms with Gasteiger partial charge < -0.3 is 19.3 Å². The van der Waals surface area contributed by atoms with E-state index in [1.54, 1.807) is 6.20 Å². The quantitative estimate of drug-likeness (QED) is 0.334. The predicted octanol–water partition coefficient (Wildman–Crippen LogP) is 4.26. The molecule has 0 radical (unpaired) electrons. The molecule has 27 heavy (non-hydrogen) atoms. The molecule has 2 rings (SSSR count). The maximum absolute atomic E-state index is 5.96. The molecule has 0 aliphatic rings. The van der Waals surface area contributed by atoms with Gasteiger partial charge in [0.25, 0.3) is 0 Å². The second-order valence-corrected chi connectivity index (χ2v) is 6.29. The lowest BCUT2D eigenvalue weighted by Gasteiger charge is -2.22. The van der Waals surface area contributed by atoms with E-state index in [9.17, 15) is 0 Å². The van der Waals surface area contributed by atoms with Crippen LogP contribution in [-0.2, 0) is 6.54 Å². The van der Waals surface area contributed by atoms with Gasteiger partial charge in [-0.15, -0.1) is 24.0 Å². The molecule has 0 atom stereocenters. The molecule has 0 saturated heterocycles. The molecule has 148 valence electrons. The highest BCUT2D eigenvalue weighted by Gasteiger charge is 2.09. The third-order valence-electron chi connectivity index (χ3n) is 3.55. The first-order chi connectivity index (χ1) is 12.5. The summed E-state index contributed by atoms with van der Waals surface area (Å²) in [6.45, 7) is 3.29. The van der Waals surface area contributed by atoms with Crippen molar-refractivity contribution >= 4 is 29.9 Å². The van der Waals surface area contributed by atoms with E-state index < -0.39 is 0 Å². The summed E-state index contributed by atoms with van der Waals surface area (Å²) in [4.78, 5) is 13.0. The summed E-state index contributed by atoms with van der Waals surface area (Å²) >= 11 is 0.